The molecule has 142 valence electrons. The van der Waals surface area contributed by atoms with E-state index in [9.17, 15) is 19.2 Å². The Kier molecular flexibility index (Phi) is 6.65. The summed E-state index contributed by atoms with van der Waals surface area (Å²) >= 11 is 0. The molecule has 0 aliphatic heterocycles. The van der Waals surface area contributed by atoms with Crippen LogP contribution in [0.4, 0.5) is 0 Å². The molecule has 7 heteroatoms. The molecule has 0 unspecified atom stereocenters. The summed E-state index contributed by atoms with van der Waals surface area (Å²) in [6.45, 7) is 3.62. The largest absolute Gasteiger partial charge is 0.469 e. The van der Waals surface area contributed by atoms with Gasteiger partial charge in [0.1, 0.15) is 6.29 Å². The van der Waals surface area contributed by atoms with Crippen molar-refractivity contribution in [2.24, 2.45) is 0 Å². The van der Waals surface area contributed by atoms with Gasteiger partial charge in [-0.15, -0.1) is 0 Å². The van der Waals surface area contributed by atoms with Crippen LogP contribution in [0, 0.1) is 13.8 Å². The lowest BCUT2D eigenvalue weighted by Gasteiger charge is -2.09. The van der Waals surface area contributed by atoms with Crippen LogP contribution in [0.1, 0.15) is 48.9 Å². The second kappa shape index (κ2) is 8.93. The van der Waals surface area contributed by atoms with Crippen LogP contribution in [0.15, 0.2) is 30.3 Å². The molecule has 2 rings (SSSR count). The highest BCUT2D eigenvalue weighted by Gasteiger charge is 2.18. The topological polar surface area (TPSA) is 91.7 Å². The van der Waals surface area contributed by atoms with E-state index in [0.717, 1.165) is 5.69 Å². The van der Waals surface area contributed by atoms with Gasteiger partial charge >= 0.3 is 11.9 Å². The van der Waals surface area contributed by atoms with Gasteiger partial charge in [-0.2, -0.15) is 0 Å². The van der Waals surface area contributed by atoms with Crippen molar-refractivity contribution in [2.45, 2.75) is 26.8 Å². The van der Waals surface area contributed by atoms with Crippen LogP contribution in [0.2, 0.25) is 0 Å². The molecule has 27 heavy (non-hydrogen) atoms. The average molecular weight is 371 g/mol. The predicted molar refractivity (Wildman–Crippen MR) is 97.0 cm³/mol. The Labute approximate surface area is 156 Å². The summed E-state index contributed by atoms with van der Waals surface area (Å²) in [5, 5.41) is 0. The van der Waals surface area contributed by atoms with E-state index in [1.54, 1.807) is 13.0 Å². The molecule has 0 amide bonds. The second-order valence-corrected chi connectivity index (χ2v) is 6.00. The van der Waals surface area contributed by atoms with E-state index in [4.69, 9.17) is 4.74 Å². The molecule has 0 saturated carbocycles. The Balaban J connectivity index is 2.01. The molecule has 2 aromatic rings. The monoisotopic (exact) mass is 371 g/mol. The number of carbonyl (C=O) groups excluding carboxylic acids is 4. The molecule has 0 aliphatic carbocycles. The first-order valence-electron chi connectivity index (χ1n) is 8.36. The Morgan fingerprint density at radius 2 is 1.78 bits per heavy atom. The highest BCUT2D eigenvalue weighted by atomic mass is 16.5. The Bertz CT molecular complexity index is 863. The zero-order valence-corrected chi connectivity index (χ0v) is 15.5. The maximum absolute atomic E-state index is 12.4. The molecule has 0 atom stereocenters. The Morgan fingerprint density at radius 1 is 1.11 bits per heavy atom. The normalized spacial score (nSPS) is 10.3. The zero-order valence-electron chi connectivity index (χ0n) is 15.5. The van der Waals surface area contributed by atoms with E-state index in [2.05, 4.69) is 4.74 Å². The Hall–Kier alpha value is -3.22. The molecule has 0 radical (unpaired) electrons. The molecule has 7 nitrogen and oxygen atoms in total. The van der Waals surface area contributed by atoms with Crippen LogP contribution in [-0.2, 0) is 20.8 Å². The third kappa shape index (κ3) is 4.91. The number of methoxy groups -OCH3 is 1. The number of ether oxygens (including phenoxy) is 2. The van der Waals surface area contributed by atoms with Crippen molar-refractivity contribution in [1.82, 2.24) is 4.57 Å². The van der Waals surface area contributed by atoms with Gasteiger partial charge in [-0.05, 0) is 32.0 Å². The quantitative estimate of drug-likeness (QED) is 0.402. The summed E-state index contributed by atoms with van der Waals surface area (Å²) in [5.41, 5.74) is 2.68. The third-order valence-electron chi connectivity index (χ3n) is 4.26. The minimum absolute atomic E-state index is 0.201. The number of nitrogens with zero attached hydrogens (tertiary/aromatic N) is 1. The van der Waals surface area contributed by atoms with Crippen molar-refractivity contribution in [3.05, 3.63) is 58.4 Å². The molecule has 1 aromatic carbocycles. The molecule has 0 fully saturated rings. The van der Waals surface area contributed by atoms with Gasteiger partial charge in [0.05, 0.1) is 19.1 Å². The van der Waals surface area contributed by atoms with E-state index >= 15 is 0 Å². The second-order valence-electron chi connectivity index (χ2n) is 6.00. The number of aromatic nitrogens is 1. The van der Waals surface area contributed by atoms with Crippen LogP contribution < -0.4 is 0 Å². The van der Waals surface area contributed by atoms with Crippen LogP contribution in [0.5, 0.6) is 0 Å². The lowest BCUT2D eigenvalue weighted by molar-refractivity contribution is -0.140. The van der Waals surface area contributed by atoms with Crippen molar-refractivity contribution in [2.75, 3.05) is 13.7 Å². The predicted octanol–water partition coefficient (Wildman–Crippen LogP) is 2.52. The smallest absolute Gasteiger partial charge is 0.338 e. The molecule has 0 aliphatic rings. The first-order valence-corrected chi connectivity index (χ1v) is 8.36. The van der Waals surface area contributed by atoms with Crippen LogP contribution in [-0.4, -0.2) is 42.3 Å². The number of esters is 2. The fourth-order valence-corrected chi connectivity index (χ4v) is 2.72. The van der Waals surface area contributed by atoms with Gasteiger partial charge in [-0.1, -0.05) is 12.1 Å². The number of hydrogen-bond donors (Lipinski definition) is 0. The summed E-state index contributed by atoms with van der Waals surface area (Å²) in [4.78, 5) is 46.4. The van der Waals surface area contributed by atoms with Crippen LogP contribution in [0.25, 0.3) is 0 Å². The molecule has 1 aromatic heterocycles. The van der Waals surface area contributed by atoms with E-state index in [1.807, 2.05) is 11.5 Å². The number of Topliss-reactive ketones (excluding diaryl/α,β-unsaturated/α-hetero) is 1. The van der Waals surface area contributed by atoms with Gasteiger partial charge in [-0.3, -0.25) is 14.4 Å². The minimum atomic E-state index is -0.639. The van der Waals surface area contributed by atoms with Gasteiger partial charge in [-0.25, -0.2) is 4.79 Å². The highest BCUT2D eigenvalue weighted by Crippen LogP contribution is 2.17. The van der Waals surface area contributed by atoms with Crippen molar-refractivity contribution in [3.63, 3.8) is 0 Å². The van der Waals surface area contributed by atoms with Gasteiger partial charge in [0, 0.05) is 29.1 Å². The molecular weight excluding hydrogens is 350 g/mol. The molecule has 0 bridgehead atoms. The Morgan fingerprint density at radius 3 is 2.37 bits per heavy atom. The SMILES string of the molecule is COC(=O)CCn1c(C)cc(C(=O)COC(=O)c2ccc(C=O)cc2)c1C. The van der Waals surface area contributed by atoms with E-state index in [0.29, 0.717) is 29.7 Å². The number of carbonyl (C=O) groups is 4. The molecular formula is C20H21NO6. The third-order valence-corrected chi connectivity index (χ3v) is 4.26. The molecule has 1 heterocycles. The summed E-state index contributed by atoms with van der Waals surface area (Å²) in [7, 11) is 1.33. The number of ketones is 1. The fraction of sp³-hybridized carbons (Fsp3) is 0.300. The summed E-state index contributed by atoms with van der Waals surface area (Å²) in [6.07, 6.45) is 0.876. The number of benzene rings is 1. The first-order chi connectivity index (χ1) is 12.9. The summed E-state index contributed by atoms with van der Waals surface area (Å²) in [6, 6.07) is 7.65. The van der Waals surface area contributed by atoms with Crippen molar-refractivity contribution >= 4 is 24.0 Å². The number of rotatable bonds is 8. The molecule has 0 N–H and O–H groups in total. The lowest BCUT2D eigenvalue weighted by atomic mass is 10.1. The summed E-state index contributed by atoms with van der Waals surface area (Å²) < 4.78 is 11.6. The lowest BCUT2D eigenvalue weighted by Crippen LogP contribution is -2.15. The fourth-order valence-electron chi connectivity index (χ4n) is 2.72. The van der Waals surface area contributed by atoms with Crippen LogP contribution in [0.3, 0.4) is 0 Å². The van der Waals surface area contributed by atoms with Crippen molar-refractivity contribution < 1.29 is 28.7 Å². The number of hydrogen-bond acceptors (Lipinski definition) is 6. The van der Waals surface area contributed by atoms with E-state index in [1.165, 1.54) is 31.4 Å². The minimum Gasteiger partial charge on any atom is -0.469 e. The summed E-state index contributed by atoms with van der Waals surface area (Å²) in [5.74, 6) is -1.30. The van der Waals surface area contributed by atoms with E-state index < -0.39 is 12.6 Å². The molecule has 0 saturated heterocycles. The zero-order chi connectivity index (χ0) is 20.0. The van der Waals surface area contributed by atoms with Crippen molar-refractivity contribution in [1.29, 1.82) is 0 Å². The van der Waals surface area contributed by atoms with Gasteiger partial charge in [0.2, 0.25) is 5.78 Å². The average Bonchev–Trinajstić information content (AvgIpc) is 2.97. The standard InChI is InChI=1S/C20H21NO6/c1-13-10-17(14(2)21(13)9-8-19(24)26-3)18(23)12-27-20(25)16-6-4-15(11-22)5-7-16/h4-7,10-11H,8-9,12H2,1-3H3. The maximum Gasteiger partial charge on any atom is 0.338 e. The molecule has 0 spiro atoms. The van der Waals surface area contributed by atoms with Gasteiger partial charge in [0.15, 0.2) is 6.61 Å². The number of aryl methyl sites for hydroxylation is 1. The number of aldehydes is 1. The van der Waals surface area contributed by atoms with Gasteiger partial charge in [0.25, 0.3) is 0 Å². The van der Waals surface area contributed by atoms with Crippen LogP contribution >= 0.6 is 0 Å². The first kappa shape index (κ1) is 20.1. The van der Waals surface area contributed by atoms with Crippen molar-refractivity contribution in [3.8, 4) is 0 Å². The maximum atomic E-state index is 12.4. The van der Waals surface area contributed by atoms with Gasteiger partial charge < -0.3 is 14.0 Å². The van der Waals surface area contributed by atoms with E-state index in [-0.39, 0.29) is 23.7 Å². The highest BCUT2D eigenvalue weighted by molar-refractivity contribution is 6.00.